The Morgan fingerprint density at radius 2 is 2.00 bits per heavy atom. The van der Waals surface area contributed by atoms with Gasteiger partial charge in [0.15, 0.2) is 0 Å². The van der Waals surface area contributed by atoms with Crippen LogP contribution in [0.4, 0.5) is 5.82 Å². The first-order valence-electron chi connectivity index (χ1n) is 9.57. The molecule has 29 heavy (non-hydrogen) atoms. The third kappa shape index (κ3) is 2.97. The largest absolute Gasteiger partial charge is 0.477 e. The van der Waals surface area contributed by atoms with Gasteiger partial charge in [-0.1, -0.05) is 36.4 Å². The summed E-state index contributed by atoms with van der Waals surface area (Å²) in [6.45, 7) is 3.28. The molecule has 0 bridgehead atoms. The molecule has 6 nitrogen and oxygen atoms in total. The van der Waals surface area contributed by atoms with Crippen LogP contribution in [-0.2, 0) is 13.0 Å². The number of aryl methyl sites for hydroxylation is 1. The molecule has 0 fully saturated rings. The lowest BCUT2D eigenvalue weighted by Crippen LogP contribution is -2.09. The zero-order valence-electron chi connectivity index (χ0n) is 16.0. The lowest BCUT2D eigenvalue weighted by molar-refractivity contribution is 0.344. The maximum Gasteiger partial charge on any atom is 0.239 e. The van der Waals surface area contributed by atoms with E-state index in [4.69, 9.17) is 9.72 Å². The summed E-state index contributed by atoms with van der Waals surface area (Å²) < 4.78 is 7.75. The molecule has 5 rings (SSSR count). The predicted octanol–water partition coefficient (Wildman–Crippen LogP) is 4.15. The minimum atomic E-state index is 0.545. The molecule has 142 valence electrons. The summed E-state index contributed by atoms with van der Waals surface area (Å²) in [5, 5.41) is 13.8. The highest BCUT2D eigenvalue weighted by Crippen LogP contribution is 2.32. The summed E-state index contributed by atoms with van der Waals surface area (Å²) in [6, 6.07) is 20.2. The molecule has 1 N–H and O–H groups in total. The minimum Gasteiger partial charge on any atom is -0.477 e. The van der Waals surface area contributed by atoms with Crippen LogP contribution in [0.15, 0.2) is 54.6 Å². The molecule has 2 aromatic heterocycles. The maximum atomic E-state index is 9.43. The molecule has 3 heterocycles. The van der Waals surface area contributed by atoms with Crippen molar-refractivity contribution in [2.24, 2.45) is 0 Å². The van der Waals surface area contributed by atoms with Gasteiger partial charge >= 0.3 is 0 Å². The number of nitrogens with zero attached hydrogens (tertiary/aromatic N) is 4. The van der Waals surface area contributed by atoms with Crippen molar-refractivity contribution in [3.63, 3.8) is 0 Å². The first kappa shape index (κ1) is 17.3. The third-order valence-electron chi connectivity index (χ3n) is 5.20. The molecule has 0 aliphatic carbocycles. The van der Waals surface area contributed by atoms with Gasteiger partial charge in [0.2, 0.25) is 11.8 Å². The molecular weight excluding hydrogens is 362 g/mol. The van der Waals surface area contributed by atoms with Gasteiger partial charge in [0.05, 0.1) is 29.3 Å². The Hall–Kier alpha value is -3.85. The second kappa shape index (κ2) is 6.95. The predicted molar refractivity (Wildman–Crippen MR) is 111 cm³/mol. The molecule has 2 aromatic carbocycles. The molecule has 0 saturated carbocycles. The number of hydrogen-bond acceptors (Lipinski definition) is 5. The van der Waals surface area contributed by atoms with Gasteiger partial charge in [-0.3, -0.25) is 4.57 Å². The minimum absolute atomic E-state index is 0.545. The molecule has 0 atom stereocenters. The number of aromatic nitrogens is 3. The number of fused-ring (bicyclic) bond motifs is 2. The molecule has 0 amide bonds. The number of rotatable bonds is 4. The number of nitriles is 1. The van der Waals surface area contributed by atoms with Gasteiger partial charge in [-0.15, -0.1) is 0 Å². The van der Waals surface area contributed by atoms with E-state index in [1.807, 2.05) is 54.0 Å². The van der Waals surface area contributed by atoms with E-state index in [0.717, 1.165) is 34.4 Å². The summed E-state index contributed by atoms with van der Waals surface area (Å²) in [5.41, 5.74) is 4.71. The van der Waals surface area contributed by atoms with Crippen molar-refractivity contribution in [1.82, 2.24) is 14.5 Å². The van der Waals surface area contributed by atoms with E-state index < -0.39 is 0 Å². The molecular formula is C23H19N5O. The van der Waals surface area contributed by atoms with E-state index in [9.17, 15) is 5.26 Å². The van der Waals surface area contributed by atoms with E-state index in [0.29, 0.717) is 30.5 Å². The van der Waals surface area contributed by atoms with Crippen LogP contribution in [0.25, 0.3) is 16.9 Å². The SMILES string of the molecule is Cc1cc2c(C#N)cccc2n1-c1nc(NCc2ccccc2)c2c(n1)OCC2. The second-order valence-electron chi connectivity index (χ2n) is 7.06. The normalized spacial score (nSPS) is 12.4. The fraction of sp³-hybridized carbons (Fsp3) is 0.174. The smallest absolute Gasteiger partial charge is 0.239 e. The van der Waals surface area contributed by atoms with Crippen molar-refractivity contribution >= 4 is 16.7 Å². The van der Waals surface area contributed by atoms with Crippen LogP contribution in [0.3, 0.4) is 0 Å². The number of nitrogens with one attached hydrogen (secondary N) is 1. The van der Waals surface area contributed by atoms with Crippen LogP contribution in [0.1, 0.15) is 22.4 Å². The van der Waals surface area contributed by atoms with Gasteiger partial charge in [-0.05, 0) is 30.7 Å². The van der Waals surface area contributed by atoms with Crippen LogP contribution in [0, 0.1) is 18.3 Å². The fourth-order valence-electron chi connectivity index (χ4n) is 3.80. The van der Waals surface area contributed by atoms with Crippen molar-refractivity contribution in [2.75, 3.05) is 11.9 Å². The molecule has 0 spiro atoms. The van der Waals surface area contributed by atoms with Crippen molar-refractivity contribution < 1.29 is 4.74 Å². The average molecular weight is 381 g/mol. The Morgan fingerprint density at radius 1 is 1.14 bits per heavy atom. The molecule has 0 saturated heterocycles. The monoisotopic (exact) mass is 381 g/mol. The van der Waals surface area contributed by atoms with Crippen molar-refractivity contribution in [3.05, 3.63) is 77.0 Å². The Labute approximate surface area is 168 Å². The highest BCUT2D eigenvalue weighted by Gasteiger charge is 2.23. The zero-order chi connectivity index (χ0) is 19.8. The van der Waals surface area contributed by atoms with E-state index in [-0.39, 0.29) is 0 Å². The molecule has 1 aliphatic rings. The van der Waals surface area contributed by atoms with Gasteiger partial charge in [-0.2, -0.15) is 15.2 Å². The number of benzene rings is 2. The Bertz CT molecular complexity index is 1250. The average Bonchev–Trinajstić information content (AvgIpc) is 3.35. The van der Waals surface area contributed by atoms with Crippen molar-refractivity contribution in [2.45, 2.75) is 19.9 Å². The highest BCUT2D eigenvalue weighted by atomic mass is 16.5. The molecule has 6 heteroatoms. The maximum absolute atomic E-state index is 9.43. The molecule has 0 unspecified atom stereocenters. The van der Waals surface area contributed by atoms with Crippen LogP contribution in [-0.4, -0.2) is 21.1 Å². The first-order chi connectivity index (χ1) is 14.2. The summed E-state index contributed by atoms with van der Waals surface area (Å²) in [7, 11) is 0. The second-order valence-corrected chi connectivity index (χ2v) is 7.06. The van der Waals surface area contributed by atoms with E-state index in [1.165, 1.54) is 5.56 Å². The standard InChI is InChI=1S/C23H19N5O/c1-15-12-19-17(13-24)8-5-9-20(19)28(15)23-26-21(18-10-11-29-22(18)27-23)25-14-16-6-3-2-4-7-16/h2-9,12H,10-11,14H2,1H3,(H,25,26,27). The van der Waals surface area contributed by atoms with E-state index >= 15 is 0 Å². The van der Waals surface area contributed by atoms with Crippen LogP contribution >= 0.6 is 0 Å². The van der Waals surface area contributed by atoms with Gasteiger partial charge in [0.25, 0.3) is 0 Å². The summed E-state index contributed by atoms with van der Waals surface area (Å²) in [4.78, 5) is 9.53. The highest BCUT2D eigenvalue weighted by molar-refractivity contribution is 5.88. The lowest BCUT2D eigenvalue weighted by atomic mass is 10.1. The fourth-order valence-corrected chi connectivity index (χ4v) is 3.80. The summed E-state index contributed by atoms with van der Waals surface area (Å²) >= 11 is 0. The Balaban J connectivity index is 1.61. The van der Waals surface area contributed by atoms with E-state index in [2.05, 4.69) is 28.5 Å². The first-order valence-corrected chi connectivity index (χ1v) is 9.57. The van der Waals surface area contributed by atoms with Gasteiger partial charge in [0.1, 0.15) is 5.82 Å². The number of anilines is 1. The topological polar surface area (TPSA) is 75.8 Å². The van der Waals surface area contributed by atoms with Crippen LogP contribution in [0.2, 0.25) is 0 Å². The van der Waals surface area contributed by atoms with Crippen molar-refractivity contribution in [1.29, 1.82) is 5.26 Å². The lowest BCUT2D eigenvalue weighted by Gasteiger charge is -2.13. The van der Waals surface area contributed by atoms with Crippen LogP contribution in [0.5, 0.6) is 5.88 Å². The third-order valence-corrected chi connectivity index (χ3v) is 5.20. The van der Waals surface area contributed by atoms with Gasteiger partial charge in [0, 0.05) is 24.0 Å². The Morgan fingerprint density at radius 3 is 2.83 bits per heavy atom. The quantitative estimate of drug-likeness (QED) is 0.575. The zero-order valence-corrected chi connectivity index (χ0v) is 16.0. The summed E-state index contributed by atoms with van der Waals surface area (Å²) in [5.74, 6) is 1.97. The van der Waals surface area contributed by atoms with Crippen molar-refractivity contribution in [3.8, 4) is 17.9 Å². The van der Waals surface area contributed by atoms with Crippen LogP contribution < -0.4 is 10.1 Å². The number of hydrogen-bond donors (Lipinski definition) is 1. The Kier molecular flexibility index (Phi) is 4.14. The molecule has 4 aromatic rings. The summed E-state index contributed by atoms with van der Waals surface area (Å²) in [6.07, 6.45) is 0.788. The molecule has 1 aliphatic heterocycles. The molecule has 0 radical (unpaired) electrons. The van der Waals surface area contributed by atoms with E-state index in [1.54, 1.807) is 0 Å². The van der Waals surface area contributed by atoms with Gasteiger partial charge in [-0.25, -0.2) is 0 Å². The van der Waals surface area contributed by atoms with Gasteiger partial charge < -0.3 is 10.1 Å². The number of ether oxygens (including phenoxy) is 1.